The zero-order valence-corrected chi connectivity index (χ0v) is 49.8. The van der Waals surface area contributed by atoms with Gasteiger partial charge in [0.15, 0.2) is 6.10 Å². The van der Waals surface area contributed by atoms with Gasteiger partial charge in [0, 0.05) is 19.3 Å². The van der Waals surface area contributed by atoms with Crippen LogP contribution >= 0.6 is 0 Å². The summed E-state index contributed by atoms with van der Waals surface area (Å²) < 4.78 is 16.9. The normalized spacial score (nSPS) is 12.5. The highest BCUT2D eigenvalue weighted by molar-refractivity contribution is 5.71. The molecule has 6 heteroatoms. The lowest BCUT2D eigenvalue weighted by Crippen LogP contribution is -2.30. The molecule has 0 aromatic rings. The van der Waals surface area contributed by atoms with Crippen LogP contribution in [0.4, 0.5) is 0 Å². The lowest BCUT2D eigenvalue weighted by molar-refractivity contribution is -0.167. The molecule has 6 nitrogen and oxygen atoms in total. The molecule has 434 valence electrons. The van der Waals surface area contributed by atoms with Gasteiger partial charge in [-0.1, -0.05) is 293 Å². The van der Waals surface area contributed by atoms with E-state index in [4.69, 9.17) is 14.2 Å². The average Bonchev–Trinajstić information content (AvgIpc) is 3.41. The molecular formula is C69H122O6. The van der Waals surface area contributed by atoms with E-state index in [1.54, 1.807) is 0 Å². The average molecular weight is 1050 g/mol. The molecule has 0 rings (SSSR count). The number of ether oxygens (including phenoxy) is 3. The molecule has 1 unspecified atom stereocenters. The van der Waals surface area contributed by atoms with Crippen LogP contribution < -0.4 is 0 Å². The molecule has 0 saturated heterocycles. The van der Waals surface area contributed by atoms with E-state index >= 15 is 0 Å². The van der Waals surface area contributed by atoms with E-state index in [9.17, 15) is 14.4 Å². The van der Waals surface area contributed by atoms with Crippen molar-refractivity contribution < 1.29 is 28.6 Å². The van der Waals surface area contributed by atoms with Crippen LogP contribution in [-0.2, 0) is 28.6 Å². The topological polar surface area (TPSA) is 78.9 Å². The predicted octanol–water partition coefficient (Wildman–Crippen LogP) is 22.1. The molecule has 0 spiro atoms. The maximum atomic E-state index is 12.9. The summed E-state index contributed by atoms with van der Waals surface area (Å²) in [6.07, 6.45) is 81.9. The summed E-state index contributed by atoms with van der Waals surface area (Å²) in [5.74, 6) is -0.870. The van der Waals surface area contributed by atoms with Gasteiger partial charge in [-0.05, 0) is 89.9 Å². The number of esters is 3. The van der Waals surface area contributed by atoms with Gasteiger partial charge in [0.05, 0.1) is 0 Å². The van der Waals surface area contributed by atoms with E-state index in [0.717, 1.165) is 96.3 Å². The third-order valence-electron chi connectivity index (χ3n) is 14.2. The number of allylic oxidation sites excluding steroid dienone is 12. The zero-order valence-electron chi connectivity index (χ0n) is 49.8. The van der Waals surface area contributed by atoms with Crippen LogP contribution in [0, 0.1) is 0 Å². The largest absolute Gasteiger partial charge is 0.462 e. The van der Waals surface area contributed by atoms with Crippen LogP contribution in [0.5, 0.6) is 0 Å². The SMILES string of the molecule is CC/C=C\C/C=C\C/C=C\C/C=C\C/C=C\CCCCCCCCCCCCCC(=O)OCC(COC(=O)CCCCCCCCCCCCCCCCC)OC(=O)CCCCCCC/C=C\CCCCCCCC. The number of carbonyl (C=O) groups is 3. The summed E-state index contributed by atoms with van der Waals surface area (Å²) in [7, 11) is 0. The quantitative estimate of drug-likeness (QED) is 0.0261. The summed E-state index contributed by atoms with van der Waals surface area (Å²) >= 11 is 0. The molecule has 75 heavy (non-hydrogen) atoms. The second kappa shape index (κ2) is 63.4. The Morgan fingerprint density at radius 2 is 0.520 bits per heavy atom. The molecule has 0 heterocycles. The minimum absolute atomic E-state index is 0.0753. The third kappa shape index (κ3) is 61.6. The molecule has 0 bridgehead atoms. The molecule has 0 amide bonds. The molecule has 0 aliphatic rings. The molecule has 0 aliphatic heterocycles. The van der Waals surface area contributed by atoms with Gasteiger partial charge >= 0.3 is 17.9 Å². The minimum Gasteiger partial charge on any atom is -0.462 e. The monoisotopic (exact) mass is 1050 g/mol. The van der Waals surface area contributed by atoms with Crippen molar-refractivity contribution in [3.63, 3.8) is 0 Å². The first-order chi connectivity index (χ1) is 37.0. The first kappa shape index (κ1) is 71.8. The van der Waals surface area contributed by atoms with E-state index in [1.165, 1.54) is 193 Å². The maximum absolute atomic E-state index is 12.9. The summed E-state index contributed by atoms with van der Waals surface area (Å²) in [5, 5.41) is 0. The minimum atomic E-state index is -0.779. The molecule has 0 aromatic heterocycles. The molecule has 0 aromatic carbocycles. The maximum Gasteiger partial charge on any atom is 0.306 e. The van der Waals surface area contributed by atoms with E-state index in [-0.39, 0.29) is 31.1 Å². The Balaban J connectivity index is 4.28. The van der Waals surface area contributed by atoms with Crippen LogP contribution in [0.3, 0.4) is 0 Å². The molecule has 0 N–H and O–H groups in total. The Morgan fingerprint density at radius 1 is 0.280 bits per heavy atom. The van der Waals surface area contributed by atoms with Crippen molar-refractivity contribution in [2.45, 2.75) is 335 Å². The van der Waals surface area contributed by atoms with Crippen molar-refractivity contribution in [1.82, 2.24) is 0 Å². The van der Waals surface area contributed by atoms with Gasteiger partial charge in [-0.2, -0.15) is 0 Å². The molecule has 0 fully saturated rings. The van der Waals surface area contributed by atoms with E-state index < -0.39 is 6.10 Å². The van der Waals surface area contributed by atoms with E-state index in [1.807, 2.05) is 0 Å². The van der Waals surface area contributed by atoms with Crippen molar-refractivity contribution in [1.29, 1.82) is 0 Å². The summed E-state index contributed by atoms with van der Waals surface area (Å²) in [5.41, 5.74) is 0. The lowest BCUT2D eigenvalue weighted by atomic mass is 10.0. The fourth-order valence-corrected chi connectivity index (χ4v) is 9.35. The smallest absolute Gasteiger partial charge is 0.306 e. The predicted molar refractivity (Wildman–Crippen MR) is 325 cm³/mol. The second-order valence-corrected chi connectivity index (χ2v) is 21.6. The Kier molecular flexibility index (Phi) is 60.7. The summed E-state index contributed by atoms with van der Waals surface area (Å²) in [6.45, 7) is 6.55. The summed E-state index contributed by atoms with van der Waals surface area (Å²) in [4.78, 5) is 38.3. The lowest BCUT2D eigenvalue weighted by Gasteiger charge is -2.18. The molecule has 0 saturated carbocycles. The first-order valence-electron chi connectivity index (χ1n) is 32.4. The Morgan fingerprint density at radius 3 is 0.827 bits per heavy atom. The Labute approximate surface area is 465 Å². The van der Waals surface area contributed by atoms with Crippen molar-refractivity contribution in [2.24, 2.45) is 0 Å². The number of unbranched alkanes of at least 4 members (excludes halogenated alkanes) is 36. The third-order valence-corrected chi connectivity index (χ3v) is 14.2. The Bertz CT molecular complexity index is 1390. The number of hydrogen-bond acceptors (Lipinski definition) is 6. The molecule has 1 atom stereocenters. The molecule has 0 radical (unpaired) electrons. The number of hydrogen-bond donors (Lipinski definition) is 0. The van der Waals surface area contributed by atoms with Crippen LogP contribution in [0.25, 0.3) is 0 Å². The number of carbonyl (C=O) groups excluding carboxylic acids is 3. The van der Waals surface area contributed by atoms with Gasteiger partial charge in [-0.25, -0.2) is 0 Å². The van der Waals surface area contributed by atoms with Crippen molar-refractivity contribution in [2.75, 3.05) is 13.2 Å². The Hall–Kier alpha value is -3.15. The van der Waals surface area contributed by atoms with Gasteiger partial charge in [0.2, 0.25) is 0 Å². The van der Waals surface area contributed by atoms with Crippen molar-refractivity contribution >= 4 is 17.9 Å². The van der Waals surface area contributed by atoms with Gasteiger partial charge < -0.3 is 14.2 Å². The van der Waals surface area contributed by atoms with Crippen LogP contribution in [-0.4, -0.2) is 37.2 Å². The van der Waals surface area contributed by atoms with Gasteiger partial charge in [0.1, 0.15) is 13.2 Å². The summed E-state index contributed by atoms with van der Waals surface area (Å²) in [6, 6.07) is 0. The van der Waals surface area contributed by atoms with Gasteiger partial charge in [0.25, 0.3) is 0 Å². The highest BCUT2D eigenvalue weighted by atomic mass is 16.6. The van der Waals surface area contributed by atoms with E-state index in [2.05, 4.69) is 93.7 Å². The van der Waals surface area contributed by atoms with Crippen LogP contribution in [0.1, 0.15) is 329 Å². The number of rotatable bonds is 59. The van der Waals surface area contributed by atoms with Crippen molar-refractivity contribution in [3.05, 3.63) is 72.9 Å². The van der Waals surface area contributed by atoms with Gasteiger partial charge in [-0.15, -0.1) is 0 Å². The fraction of sp³-hybridized carbons (Fsp3) is 0.783. The highest BCUT2D eigenvalue weighted by Gasteiger charge is 2.19. The zero-order chi connectivity index (χ0) is 54.3. The molecule has 0 aliphatic carbocycles. The second-order valence-electron chi connectivity index (χ2n) is 21.6. The van der Waals surface area contributed by atoms with E-state index in [0.29, 0.717) is 19.3 Å². The van der Waals surface area contributed by atoms with Gasteiger partial charge in [-0.3, -0.25) is 14.4 Å². The first-order valence-corrected chi connectivity index (χ1v) is 32.4. The van der Waals surface area contributed by atoms with Crippen molar-refractivity contribution in [3.8, 4) is 0 Å². The van der Waals surface area contributed by atoms with Crippen LogP contribution in [0.15, 0.2) is 72.9 Å². The highest BCUT2D eigenvalue weighted by Crippen LogP contribution is 2.17. The standard InChI is InChI=1S/C69H122O6/c1-4-7-10-13-16-19-22-25-28-29-30-31-32-33-34-35-36-37-38-39-42-44-47-50-53-56-59-62-68(71)74-65-66(75-69(72)63-60-57-54-51-48-45-41-27-24-21-18-15-12-9-6-3)64-73-67(70)61-58-55-52-49-46-43-40-26-23-20-17-14-11-8-5-2/h7,10,16,19,25,27-28,30-31,33-34,41,66H,4-6,8-9,11-15,17-18,20-24,26,29,32,35-40,42-65H2,1-3H3/b10-7-,19-16-,28-25-,31-30-,34-33-,41-27-. The molecular weight excluding hydrogens is 925 g/mol. The fourth-order valence-electron chi connectivity index (χ4n) is 9.35. The van der Waals surface area contributed by atoms with Crippen LogP contribution in [0.2, 0.25) is 0 Å².